The number of carboxylic acid groups (broad SMARTS) is 1. The van der Waals surface area contributed by atoms with Crippen molar-refractivity contribution in [2.75, 3.05) is 0 Å². The second-order valence-corrected chi connectivity index (χ2v) is 3.50. The molecule has 0 aliphatic carbocycles. The maximum atomic E-state index is 11.5. The molecule has 5 nitrogen and oxygen atoms in total. The molecule has 0 saturated heterocycles. The summed E-state index contributed by atoms with van der Waals surface area (Å²) in [6.07, 6.45) is 1.49. The Morgan fingerprint density at radius 3 is 2.47 bits per heavy atom. The zero-order valence-corrected chi connectivity index (χ0v) is 8.69. The minimum atomic E-state index is -1.01. The Bertz CT molecular complexity index is 345. The van der Waals surface area contributed by atoms with Crippen LogP contribution in [0.4, 0.5) is 0 Å². The lowest BCUT2D eigenvalue weighted by Crippen LogP contribution is -2.41. The van der Waals surface area contributed by atoms with Crippen LogP contribution in [0.3, 0.4) is 0 Å². The predicted molar refractivity (Wildman–Crippen MR) is 51.9 cm³/mol. The molecule has 0 radical (unpaired) electrons. The van der Waals surface area contributed by atoms with E-state index in [-0.39, 0.29) is 12.3 Å². The quantitative estimate of drug-likeness (QED) is 0.689. The molecule has 1 unspecified atom stereocenters. The van der Waals surface area contributed by atoms with E-state index >= 15 is 0 Å². The molecule has 2 amide bonds. The second-order valence-electron chi connectivity index (χ2n) is 3.50. The Hall–Kier alpha value is -1.65. The summed E-state index contributed by atoms with van der Waals surface area (Å²) < 4.78 is 0. The van der Waals surface area contributed by atoms with Gasteiger partial charge in [-0.15, -0.1) is 0 Å². The van der Waals surface area contributed by atoms with E-state index in [1.54, 1.807) is 13.8 Å². The zero-order valence-electron chi connectivity index (χ0n) is 8.69. The number of hydrogen-bond acceptors (Lipinski definition) is 3. The molecule has 0 aromatic heterocycles. The summed E-state index contributed by atoms with van der Waals surface area (Å²) in [4.78, 5) is 34.5. The molecule has 1 aliphatic rings. The minimum Gasteiger partial charge on any atom is -0.481 e. The number of nitrogens with zero attached hydrogens (tertiary/aromatic N) is 1. The third kappa shape index (κ3) is 2.23. The third-order valence-corrected chi connectivity index (χ3v) is 2.38. The van der Waals surface area contributed by atoms with Gasteiger partial charge in [0.05, 0.1) is 12.5 Å². The van der Waals surface area contributed by atoms with E-state index in [2.05, 4.69) is 0 Å². The summed E-state index contributed by atoms with van der Waals surface area (Å²) in [7, 11) is 0. The first-order valence-corrected chi connectivity index (χ1v) is 4.75. The molecule has 15 heavy (non-hydrogen) atoms. The molecule has 0 bridgehead atoms. The number of carbonyl (C=O) groups excluding carboxylic acids is 2. The van der Waals surface area contributed by atoms with Crippen molar-refractivity contribution in [2.24, 2.45) is 0 Å². The number of carboxylic acids is 1. The van der Waals surface area contributed by atoms with Gasteiger partial charge in [0, 0.05) is 11.6 Å². The summed E-state index contributed by atoms with van der Waals surface area (Å²) in [5, 5.41) is 8.65. The number of imide groups is 1. The van der Waals surface area contributed by atoms with Crippen LogP contribution in [0.15, 0.2) is 11.6 Å². The Labute approximate surface area is 87.4 Å². The number of carbonyl (C=O) groups is 3. The van der Waals surface area contributed by atoms with Crippen LogP contribution in [0.5, 0.6) is 0 Å². The normalized spacial score (nSPS) is 18.0. The minimum absolute atomic E-state index is 0.199. The molecule has 0 spiro atoms. The lowest BCUT2D eigenvalue weighted by Gasteiger charge is -2.23. The van der Waals surface area contributed by atoms with Crippen molar-refractivity contribution >= 4 is 17.8 Å². The van der Waals surface area contributed by atoms with Crippen molar-refractivity contribution in [2.45, 2.75) is 32.7 Å². The number of hydrogen-bond donors (Lipinski definition) is 1. The molecule has 0 aromatic rings. The fourth-order valence-corrected chi connectivity index (χ4v) is 1.57. The third-order valence-electron chi connectivity index (χ3n) is 2.38. The topological polar surface area (TPSA) is 74.7 Å². The number of rotatable bonds is 4. The number of amides is 2. The van der Waals surface area contributed by atoms with Crippen molar-refractivity contribution in [1.29, 1.82) is 0 Å². The van der Waals surface area contributed by atoms with E-state index in [9.17, 15) is 14.4 Å². The maximum Gasteiger partial charge on any atom is 0.305 e. The summed E-state index contributed by atoms with van der Waals surface area (Å²) in [6.45, 7) is 3.30. The standard InChI is InChI=1S/C10H13NO4/c1-3-7(5-9(13)14)11-8(12)4-6(2)10(11)15/h4,7H,3,5H2,1-2H3,(H,13,14). The van der Waals surface area contributed by atoms with Gasteiger partial charge < -0.3 is 5.11 Å². The highest BCUT2D eigenvalue weighted by Crippen LogP contribution is 2.19. The summed E-state index contributed by atoms with van der Waals surface area (Å²) in [5.41, 5.74) is 0.365. The SMILES string of the molecule is CCC(CC(=O)O)N1C(=O)C=C(C)C1=O. The van der Waals surface area contributed by atoms with Crippen LogP contribution in [0, 0.1) is 0 Å². The molecule has 5 heteroatoms. The zero-order chi connectivity index (χ0) is 11.6. The number of aliphatic carboxylic acids is 1. The van der Waals surface area contributed by atoms with Gasteiger partial charge >= 0.3 is 5.97 Å². The molecule has 1 heterocycles. The predicted octanol–water partition coefficient (Wildman–Crippen LogP) is 0.555. The molecule has 0 fully saturated rings. The molecule has 1 N–H and O–H groups in total. The molecule has 0 aromatic carbocycles. The first-order chi connectivity index (χ1) is 6.97. The fourth-order valence-electron chi connectivity index (χ4n) is 1.57. The molecule has 0 saturated carbocycles. The highest BCUT2D eigenvalue weighted by molar-refractivity contribution is 6.16. The van der Waals surface area contributed by atoms with Gasteiger partial charge in [0.1, 0.15) is 0 Å². The van der Waals surface area contributed by atoms with E-state index in [1.807, 2.05) is 0 Å². The van der Waals surface area contributed by atoms with Gasteiger partial charge in [0.25, 0.3) is 11.8 Å². The van der Waals surface area contributed by atoms with Gasteiger partial charge in [-0.3, -0.25) is 19.3 Å². The van der Waals surface area contributed by atoms with Gasteiger partial charge in [-0.2, -0.15) is 0 Å². The summed E-state index contributed by atoms with van der Waals surface area (Å²) >= 11 is 0. The molecular weight excluding hydrogens is 198 g/mol. The van der Waals surface area contributed by atoms with Crippen LogP contribution in [0.1, 0.15) is 26.7 Å². The average Bonchev–Trinajstić information content (AvgIpc) is 2.38. The van der Waals surface area contributed by atoms with E-state index in [0.29, 0.717) is 12.0 Å². The average molecular weight is 211 g/mol. The summed E-state index contributed by atoms with van der Waals surface area (Å²) in [6, 6.07) is -0.545. The van der Waals surface area contributed by atoms with E-state index < -0.39 is 17.9 Å². The highest BCUT2D eigenvalue weighted by atomic mass is 16.4. The van der Waals surface area contributed by atoms with Crippen LogP contribution in [-0.2, 0) is 14.4 Å². The molecule has 82 valence electrons. The van der Waals surface area contributed by atoms with Gasteiger partial charge in [-0.05, 0) is 13.3 Å². The van der Waals surface area contributed by atoms with Crippen LogP contribution < -0.4 is 0 Å². The smallest absolute Gasteiger partial charge is 0.305 e. The van der Waals surface area contributed by atoms with Crippen molar-refractivity contribution in [1.82, 2.24) is 4.90 Å². The van der Waals surface area contributed by atoms with E-state index in [1.165, 1.54) is 6.08 Å². The first-order valence-electron chi connectivity index (χ1n) is 4.75. The van der Waals surface area contributed by atoms with E-state index in [4.69, 9.17) is 5.11 Å². The lowest BCUT2D eigenvalue weighted by atomic mass is 10.1. The Balaban J connectivity index is 2.83. The van der Waals surface area contributed by atoms with Crippen LogP contribution >= 0.6 is 0 Å². The van der Waals surface area contributed by atoms with Crippen LogP contribution in [0.2, 0.25) is 0 Å². The van der Waals surface area contributed by atoms with Gasteiger partial charge in [-0.25, -0.2) is 0 Å². The van der Waals surface area contributed by atoms with Gasteiger partial charge in [0.15, 0.2) is 0 Å². The largest absolute Gasteiger partial charge is 0.481 e. The maximum absolute atomic E-state index is 11.5. The molecular formula is C10H13NO4. The first kappa shape index (κ1) is 11.4. The second kappa shape index (κ2) is 4.25. The van der Waals surface area contributed by atoms with E-state index in [0.717, 1.165) is 4.90 Å². The summed E-state index contributed by atoms with van der Waals surface area (Å²) in [5.74, 6) is -1.80. The monoisotopic (exact) mass is 211 g/mol. The lowest BCUT2D eigenvalue weighted by molar-refractivity contribution is -0.143. The van der Waals surface area contributed by atoms with Crippen molar-refractivity contribution in [3.05, 3.63) is 11.6 Å². The van der Waals surface area contributed by atoms with Crippen molar-refractivity contribution in [3.63, 3.8) is 0 Å². The van der Waals surface area contributed by atoms with Crippen LogP contribution in [0.25, 0.3) is 0 Å². The van der Waals surface area contributed by atoms with Crippen LogP contribution in [-0.4, -0.2) is 33.8 Å². The molecule has 1 rings (SSSR count). The van der Waals surface area contributed by atoms with Crippen molar-refractivity contribution in [3.8, 4) is 0 Å². The van der Waals surface area contributed by atoms with Crippen molar-refractivity contribution < 1.29 is 19.5 Å². The molecule has 1 atom stereocenters. The fraction of sp³-hybridized carbons (Fsp3) is 0.500. The van der Waals surface area contributed by atoms with Gasteiger partial charge in [-0.1, -0.05) is 6.92 Å². The van der Waals surface area contributed by atoms with Gasteiger partial charge in [0.2, 0.25) is 0 Å². The highest BCUT2D eigenvalue weighted by Gasteiger charge is 2.34. The Morgan fingerprint density at radius 2 is 2.13 bits per heavy atom. The Kier molecular flexibility index (Phi) is 3.24. The Morgan fingerprint density at radius 1 is 1.53 bits per heavy atom. The molecule has 1 aliphatic heterocycles.